The topological polar surface area (TPSA) is 82.2 Å². The third-order valence-corrected chi connectivity index (χ3v) is 5.53. The summed E-state index contributed by atoms with van der Waals surface area (Å²) in [6.45, 7) is 2.20. The molecule has 1 amide bonds. The predicted molar refractivity (Wildman–Crippen MR) is 123 cm³/mol. The van der Waals surface area contributed by atoms with Crippen LogP contribution in [0, 0.1) is 6.92 Å². The van der Waals surface area contributed by atoms with E-state index in [1.165, 1.54) is 0 Å². The predicted octanol–water partition coefficient (Wildman–Crippen LogP) is 6.02. The van der Waals surface area contributed by atoms with E-state index in [1.807, 2.05) is 18.2 Å². The summed E-state index contributed by atoms with van der Waals surface area (Å²) in [6.07, 6.45) is 1.61. The highest BCUT2D eigenvalue weighted by Crippen LogP contribution is 2.24. The van der Waals surface area contributed by atoms with Gasteiger partial charge < -0.3 is 14.6 Å². The molecule has 0 atom stereocenters. The van der Waals surface area contributed by atoms with Crippen LogP contribution in [0.15, 0.2) is 59.3 Å². The van der Waals surface area contributed by atoms with Crippen LogP contribution in [0.5, 0.6) is 5.75 Å². The van der Waals surface area contributed by atoms with E-state index in [9.17, 15) is 4.79 Å². The Bertz CT molecular complexity index is 1250. The third-order valence-electron chi connectivity index (χ3n) is 4.64. The average Bonchev–Trinajstić information content (AvgIpc) is 3.31. The fourth-order valence-electron chi connectivity index (χ4n) is 2.96. The van der Waals surface area contributed by atoms with Crippen molar-refractivity contribution >= 4 is 46.5 Å². The lowest BCUT2D eigenvalue weighted by atomic mass is 10.2. The minimum absolute atomic E-state index is 0.0909. The molecule has 0 aliphatic heterocycles. The second-order valence-electron chi connectivity index (χ2n) is 6.88. The number of hydrogen-bond donors (Lipinski definition) is 1. The van der Waals surface area contributed by atoms with E-state index in [0.29, 0.717) is 33.7 Å². The summed E-state index contributed by atoms with van der Waals surface area (Å²) in [4.78, 5) is 12.8. The molecule has 32 heavy (non-hydrogen) atoms. The summed E-state index contributed by atoms with van der Waals surface area (Å²) in [7, 11) is 0. The van der Waals surface area contributed by atoms with Crippen molar-refractivity contribution in [3.05, 3.63) is 92.4 Å². The van der Waals surface area contributed by atoms with Crippen molar-refractivity contribution in [2.75, 3.05) is 5.32 Å². The first-order chi connectivity index (χ1) is 15.4. The van der Waals surface area contributed by atoms with Crippen molar-refractivity contribution in [3.8, 4) is 5.75 Å². The number of halogens is 3. The molecule has 4 aromatic rings. The SMILES string of the molecule is Cc1onc(C(=O)Nc2nn(Cc3ccccc3Cl)cc2Cl)c1COc1ccc(Cl)cc1. The van der Waals surface area contributed by atoms with Gasteiger partial charge in [0.15, 0.2) is 11.5 Å². The van der Waals surface area contributed by atoms with Gasteiger partial charge >= 0.3 is 0 Å². The van der Waals surface area contributed by atoms with Crippen LogP contribution >= 0.6 is 34.8 Å². The Kier molecular flexibility index (Phi) is 6.69. The van der Waals surface area contributed by atoms with Gasteiger partial charge in [-0.25, -0.2) is 0 Å². The number of nitrogens with zero attached hydrogens (tertiary/aromatic N) is 3. The van der Waals surface area contributed by atoms with Crippen molar-refractivity contribution in [1.29, 1.82) is 0 Å². The zero-order valence-corrected chi connectivity index (χ0v) is 19.1. The minimum atomic E-state index is -0.513. The van der Waals surface area contributed by atoms with Gasteiger partial charge in [-0.15, -0.1) is 0 Å². The van der Waals surface area contributed by atoms with E-state index in [1.54, 1.807) is 48.1 Å². The molecule has 4 rings (SSSR count). The molecular formula is C22H17Cl3N4O3. The fourth-order valence-corrected chi connectivity index (χ4v) is 3.48. The molecule has 164 valence electrons. The number of ether oxygens (including phenoxy) is 1. The van der Waals surface area contributed by atoms with Crippen LogP contribution in [0.4, 0.5) is 5.82 Å². The molecule has 0 radical (unpaired) electrons. The van der Waals surface area contributed by atoms with E-state index in [4.69, 9.17) is 44.1 Å². The highest BCUT2D eigenvalue weighted by atomic mass is 35.5. The first-order valence-corrected chi connectivity index (χ1v) is 10.7. The molecule has 2 heterocycles. The van der Waals surface area contributed by atoms with E-state index in [0.717, 1.165) is 5.56 Å². The monoisotopic (exact) mass is 490 g/mol. The van der Waals surface area contributed by atoms with Gasteiger partial charge in [0.05, 0.1) is 12.1 Å². The summed E-state index contributed by atoms with van der Waals surface area (Å²) < 4.78 is 12.5. The number of carbonyl (C=O) groups is 1. The lowest BCUT2D eigenvalue weighted by molar-refractivity contribution is 0.101. The van der Waals surface area contributed by atoms with Crippen LogP contribution in [0.2, 0.25) is 15.1 Å². The summed E-state index contributed by atoms with van der Waals surface area (Å²) in [6, 6.07) is 14.3. The van der Waals surface area contributed by atoms with Crippen molar-refractivity contribution in [2.24, 2.45) is 0 Å². The molecule has 0 aliphatic rings. The number of rotatable bonds is 7. The smallest absolute Gasteiger partial charge is 0.279 e. The van der Waals surface area contributed by atoms with Gasteiger partial charge in [0.25, 0.3) is 5.91 Å². The maximum Gasteiger partial charge on any atom is 0.279 e. The van der Waals surface area contributed by atoms with E-state index in [-0.39, 0.29) is 23.1 Å². The first-order valence-electron chi connectivity index (χ1n) is 9.52. The number of aryl methyl sites for hydroxylation is 1. The van der Waals surface area contributed by atoms with Crippen LogP contribution in [0.1, 0.15) is 27.4 Å². The van der Waals surface area contributed by atoms with Gasteiger partial charge in [-0.3, -0.25) is 9.48 Å². The standard InChI is InChI=1S/C22H17Cl3N4O3/c1-13-17(12-31-16-8-6-15(23)7-9-16)20(28-32-13)22(30)26-21-19(25)11-29(27-21)10-14-4-2-3-5-18(14)24/h2-9,11H,10,12H2,1H3,(H,26,27,30). The second-order valence-corrected chi connectivity index (χ2v) is 8.13. The Hall–Kier alpha value is -3.00. The summed E-state index contributed by atoms with van der Waals surface area (Å²) in [5, 5.41) is 12.4. The number of hydrogen-bond acceptors (Lipinski definition) is 5. The van der Waals surface area contributed by atoms with Crippen molar-refractivity contribution < 1.29 is 14.1 Å². The Morgan fingerprint density at radius 2 is 1.84 bits per heavy atom. The Balaban J connectivity index is 1.47. The van der Waals surface area contributed by atoms with Crippen LogP contribution in [0.3, 0.4) is 0 Å². The molecule has 0 spiro atoms. The zero-order chi connectivity index (χ0) is 22.7. The molecule has 0 saturated heterocycles. The average molecular weight is 492 g/mol. The second kappa shape index (κ2) is 9.65. The van der Waals surface area contributed by atoms with Gasteiger partial charge in [-0.05, 0) is 42.8 Å². The molecule has 2 aromatic carbocycles. The largest absolute Gasteiger partial charge is 0.489 e. The normalized spacial score (nSPS) is 10.9. The molecule has 0 fully saturated rings. The highest BCUT2D eigenvalue weighted by Gasteiger charge is 2.22. The lowest BCUT2D eigenvalue weighted by Crippen LogP contribution is -2.16. The van der Waals surface area contributed by atoms with Crippen molar-refractivity contribution in [3.63, 3.8) is 0 Å². The third kappa shape index (κ3) is 5.07. The van der Waals surface area contributed by atoms with E-state index >= 15 is 0 Å². The molecule has 0 aliphatic carbocycles. The molecule has 0 unspecified atom stereocenters. The summed E-state index contributed by atoms with van der Waals surface area (Å²) in [5.41, 5.74) is 1.48. The fraction of sp³-hybridized carbons (Fsp3) is 0.136. The quantitative estimate of drug-likeness (QED) is 0.342. The Morgan fingerprint density at radius 1 is 1.09 bits per heavy atom. The maximum atomic E-state index is 12.8. The van der Waals surface area contributed by atoms with E-state index < -0.39 is 5.91 Å². The number of carbonyl (C=O) groups excluding carboxylic acids is 1. The van der Waals surface area contributed by atoms with Gasteiger partial charge in [0.1, 0.15) is 23.1 Å². The van der Waals surface area contributed by atoms with Gasteiger partial charge in [-0.2, -0.15) is 5.10 Å². The number of anilines is 1. The molecular weight excluding hydrogens is 475 g/mol. The van der Waals surface area contributed by atoms with Crippen LogP contribution in [-0.2, 0) is 13.2 Å². The maximum absolute atomic E-state index is 12.8. The molecule has 2 aromatic heterocycles. The van der Waals surface area contributed by atoms with Crippen molar-refractivity contribution in [2.45, 2.75) is 20.1 Å². The first kappa shape index (κ1) is 22.2. The number of benzene rings is 2. The van der Waals surface area contributed by atoms with E-state index in [2.05, 4.69) is 15.6 Å². The number of nitrogens with one attached hydrogen (secondary N) is 1. The van der Waals surface area contributed by atoms with Crippen LogP contribution in [-0.4, -0.2) is 20.8 Å². The molecule has 0 bridgehead atoms. The summed E-state index contributed by atoms with van der Waals surface area (Å²) in [5.74, 6) is 0.762. The number of aromatic nitrogens is 3. The molecule has 1 N–H and O–H groups in total. The van der Waals surface area contributed by atoms with Gasteiger partial charge in [-0.1, -0.05) is 58.2 Å². The molecule has 10 heteroatoms. The Morgan fingerprint density at radius 3 is 2.59 bits per heavy atom. The van der Waals surface area contributed by atoms with Gasteiger partial charge in [0.2, 0.25) is 0 Å². The van der Waals surface area contributed by atoms with Crippen LogP contribution < -0.4 is 10.1 Å². The zero-order valence-electron chi connectivity index (χ0n) is 16.8. The molecule has 0 saturated carbocycles. The number of amides is 1. The highest BCUT2D eigenvalue weighted by molar-refractivity contribution is 6.33. The minimum Gasteiger partial charge on any atom is -0.489 e. The summed E-state index contributed by atoms with van der Waals surface area (Å²) >= 11 is 18.4. The lowest BCUT2D eigenvalue weighted by Gasteiger charge is -2.07. The van der Waals surface area contributed by atoms with Crippen LogP contribution in [0.25, 0.3) is 0 Å². The Labute approximate surface area is 198 Å². The molecule has 7 nitrogen and oxygen atoms in total. The van der Waals surface area contributed by atoms with Gasteiger partial charge in [0, 0.05) is 16.2 Å². The van der Waals surface area contributed by atoms with Crippen molar-refractivity contribution in [1.82, 2.24) is 14.9 Å².